The third-order valence-electron chi connectivity index (χ3n) is 2.31. The summed E-state index contributed by atoms with van der Waals surface area (Å²) in [6.07, 6.45) is 0.440. The van der Waals surface area contributed by atoms with Crippen LogP contribution in [0.5, 0.6) is 0 Å². The van der Waals surface area contributed by atoms with Crippen LogP contribution in [0.4, 0.5) is 11.4 Å². The van der Waals surface area contributed by atoms with Crippen molar-refractivity contribution in [3.63, 3.8) is 0 Å². The van der Waals surface area contributed by atoms with Gasteiger partial charge in [0.25, 0.3) is 0 Å². The highest BCUT2D eigenvalue weighted by molar-refractivity contribution is 6.34. The topological polar surface area (TPSA) is 44.4 Å². The van der Waals surface area contributed by atoms with Crippen LogP contribution in [0.25, 0.3) is 0 Å². The molecule has 0 aliphatic rings. The molecule has 0 atom stereocenters. The molecule has 1 aromatic carbocycles. The fourth-order valence-electron chi connectivity index (χ4n) is 1.52. The van der Waals surface area contributed by atoms with E-state index in [0.29, 0.717) is 18.0 Å². The van der Waals surface area contributed by atoms with Gasteiger partial charge in [0.15, 0.2) is 0 Å². The van der Waals surface area contributed by atoms with Gasteiger partial charge in [-0.05, 0) is 19.2 Å². The molecule has 0 aliphatic carbocycles. The number of anilines is 2. The molecular weight excluding hydrogens is 309 g/mol. The molecule has 0 spiro atoms. The lowest BCUT2D eigenvalue weighted by atomic mass is 10.2. The van der Waals surface area contributed by atoms with Gasteiger partial charge in [-0.1, -0.05) is 17.7 Å². The first-order chi connectivity index (χ1) is 8.06. The Morgan fingerprint density at radius 3 is 2.47 bits per heavy atom. The Bertz CT molecular complexity index is 400. The van der Waals surface area contributed by atoms with Crippen molar-refractivity contribution in [2.45, 2.75) is 6.42 Å². The number of carbonyl (C=O) groups excluding carboxylic acids is 1. The number of amides is 1. The summed E-state index contributed by atoms with van der Waals surface area (Å²) in [6, 6.07) is 5.47. The molecule has 0 heterocycles. The lowest BCUT2D eigenvalue weighted by molar-refractivity contribution is -0.116. The summed E-state index contributed by atoms with van der Waals surface area (Å²) < 4.78 is 0. The van der Waals surface area contributed by atoms with Gasteiger partial charge in [-0.2, -0.15) is 0 Å². The zero-order valence-electron chi connectivity index (χ0n) is 11.2. The fourth-order valence-corrected chi connectivity index (χ4v) is 1.87. The van der Waals surface area contributed by atoms with Gasteiger partial charge < -0.3 is 15.5 Å². The first-order valence-corrected chi connectivity index (χ1v) is 5.84. The quantitative estimate of drug-likeness (QED) is 0.873. The third kappa shape index (κ3) is 6.34. The van der Waals surface area contributed by atoms with Crippen molar-refractivity contribution in [1.82, 2.24) is 5.32 Å². The Balaban J connectivity index is 0. The first-order valence-electron chi connectivity index (χ1n) is 5.46. The Hall–Kier alpha value is -0.680. The van der Waals surface area contributed by atoms with Crippen molar-refractivity contribution in [3.05, 3.63) is 23.2 Å². The van der Waals surface area contributed by atoms with E-state index >= 15 is 0 Å². The van der Waals surface area contributed by atoms with E-state index in [2.05, 4.69) is 10.6 Å². The number of benzene rings is 1. The molecule has 0 fully saturated rings. The maximum atomic E-state index is 11.6. The van der Waals surface area contributed by atoms with Crippen LogP contribution in [-0.2, 0) is 4.79 Å². The molecule has 0 aromatic heterocycles. The average Bonchev–Trinajstić information content (AvgIpc) is 2.25. The zero-order valence-corrected chi connectivity index (χ0v) is 13.6. The van der Waals surface area contributed by atoms with Crippen molar-refractivity contribution in [1.29, 1.82) is 0 Å². The smallest absolute Gasteiger partial charge is 0.225 e. The Morgan fingerprint density at radius 2 is 1.95 bits per heavy atom. The summed E-state index contributed by atoms with van der Waals surface area (Å²) in [5.41, 5.74) is 1.57. The molecule has 19 heavy (non-hydrogen) atoms. The van der Waals surface area contributed by atoms with E-state index in [1.807, 2.05) is 38.2 Å². The highest BCUT2D eigenvalue weighted by Gasteiger charge is 2.11. The molecule has 0 unspecified atom stereocenters. The lowest BCUT2D eigenvalue weighted by Gasteiger charge is -2.19. The van der Waals surface area contributed by atoms with Gasteiger partial charge in [0.05, 0.1) is 16.4 Å². The molecule has 0 saturated carbocycles. The average molecular weight is 329 g/mol. The predicted molar refractivity (Wildman–Crippen MR) is 87.4 cm³/mol. The van der Waals surface area contributed by atoms with Crippen LogP contribution in [0, 0.1) is 0 Å². The maximum absolute atomic E-state index is 11.6. The highest BCUT2D eigenvalue weighted by atomic mass is 35.5. The molecule has 2 N–H and O–H groups in total. The molecule has 110 valence electrons. The van der Waals surface area contributed by atoms with Gasteiger partial charge in [0.1, 0.15) is 0 Å². The number of halogens is 3. The summed E-state index contributed by atoms with van der Waals surface area (Å²) in [6.45, 7) is 0.656. The van der Waals surface area contributed by atoms with Crippen LogP contribution in [0.15, 0.2) is 18.2 Å². The second kappa shape index (κ2) is 10.1. The summed E-state index contributed by atoms with van der Waals surface area (Å²) in [5, 5.41) is 6.42. The van der Waals surface area contributed by atoms with Crippen molar-refractivity contribution >= 4 is 53.7 Å². The van der Waals surface area contributed by atoms with Gasteiger partial charge in [-0.25, -0.2) is 0 Å². The maximum Gasteiger partial charge on any atom is 0.225 e. The SMILES string of the molecule is CNCCC(=O)Nc1cccc(Cl)c1N(C)C.Cl.Cl. The normalized spacial score (nSPS) is 9.05. The minimum Gasteiger partial charge on any atom is -0.375 e. The fraction of sp³-hybridized carbons (Fsp3) is 0.417. The standard InChI is InChI=1S/C12H18ClN3O.2ClH/c1-14-8-7-11(17)15-10-6-4-5-9(13)12(10)16(2)3;;/h4-6,14H,7-8H2,1-3H3,(H,15,17);2*1H. The van der Waals surface area contributed by atoms with Gasteiger partial charge >= 0.3 is 0 Å². The number of hydrogen-bond donors (Lipinski definition) is 2. The molecule has 7 heteroatoms. The van der Waals surface area contributed by atoms with Crippen LogP contribution in [0.3, 0.4) is 0 Å². The van der Waals surface area contributed by atoms with E-state index in [1.165, 1.54) is 0 Å². The van der Waals surface area contributed by atoms with E-state index < -0.39 is 0 Å². The van der Waals surface area contributed by atoms with E-state index in [1.54, 1.807) is 6.07 Å². The number of para-hydroxylation sites is 1. The van der Waals surface area contributed by atoms with E-state index in [4.69, 9.17) is 11.6 Å². The Kier molecular flexibility index (Phi) is 11.0. The minimum atomic E-state index is -0.0234. The second-order valence-corrected chi connectivity index (χ2v) is 4.34. The van der Waals surface area contributed by atoms with Crippen LogP contribution in [0.1, 0.15) is 6.42 Å². The highest BCUT2D eigenvalue weighted by Crippen LogP contribution is 2.32. The molecule has 0 aliphatic heterocycles. The van der Waals surface area contributed by atoms with Crippen LogP contribution >= 0.6 is 36.4 Å². The number of carbonyl (C=O) groups is 1. The van der Waals surface area contributed by atoms with Crippen LogP contribution in [-0.4, -0.2) is 33.6 Å². The molecule has 0 radical (unpaired) electrons. The Labute approximate surface area is 131 Å². The van der Waals surface area contributed by atoms with Crippen LogP contribution in [0.2, 0.25) is 5.02 Å². The van der Waals surface area contributed by atoms with Gasteiger partial charge in [0, 0.05) is 27.1 Å². The number of nitrogens with zero attached hydrogens (tertiary/aromatic N) is 1. The van der Waals surface area contributed by atoms with E-state index in [9.17, 15) is 4.79 Å². The molecule has 0 saturated heterocycles. The number of nitrogens with one attached hydrogen (secondary N) is 2. The summed E-state index contributed by atoms with van der Waals surface area (Å²) in [7, 11) is 5.60. The molecule has 4 nitrogen and oxygen atoms in total. The molecule has 1 aromatic rings. The van der Waals surface area contributed by atoms with Crippen molar-refractivity contribution in [2.24, 2.45) is 0 Å². The van der Waals surface area contributed by atoms with E-state index in [-0.39, 0.29) is 30.7 Å². The summed E-state index contributed by atoms with van der Waals surface area (Å²) in [4.78, 5) is 13.5. The minimum absolute atomic E-state index is 0. The Morgan fingerprint density at radius 1 is 1.32 bits per heavy atom. The van der Waals surface area contributed by atoms with Crippen molar-refractivity contribution in [2.75, 3.05) is 37.9 Å². The number of rotatable bonds is 5. The largest absolute Gasteiger partial charge is 0.375 e. The predicted octanol–water partition coefficient (Wildman–Crippen LogP) is 2.80. The number of hydrogen-bond acceptors (Lipinski definition) is 3. The van der Waals surface area contributed by atoms with E-state index in [0.717, 1.165) is 11.4 Å². The second-order valence-electron chi connectivity index (χ2n) is 3.93. The first kappa shape index (κ1) is 20.6. The van der Waals surface area contributed by atoms with Crippen LogP contribution < -0.4 is 15.5 Å². The lowest BCUT2D eigenvalue weighted by Crippen LogP contribution is -2.20. The molecule has 1 amide bonds. The van der Waals surface area contributed by atoms with Gasteiger partial charge in [-0.3, -0.25) is 4.79 Å². The van der Waals surface area contributed by atoms with Crippen molar-refractivity contribution < 1.29 is 4.79 Å². The third-order valence-corrected chi connectivity index (χ3v) is 2.62. The summed E-state index contributed by atoms with van der Waals surface area (Å²) in [5.74, 6) is -0.0234. The molecule has 0 bridgehead atoms. The van der Waals surface area contributed by atoms with Gasteiger partial charge in [0.2, 0.25) is 5.91 Å². The molecular formula is C12H20Cl3N3O. The van der Waals surface area contributed by atoms with Crippen molar-refractivity contribution in [3.8, 4) is 0 Å². The zero-order chi connectivity index (χ0) is 12.8. The monoisotopic (exact) mass is 327 g/mol. The summed E-state index contributed by atoms with van der Waals surface area (Å²) >= 11 is 6.11. The van der Waals surface area contributed by atoms with Gasteiger partial charge in [-0.15, -0.1) is 24.8 Å². The molecule has 1 rings (SSSR count).